The molecule has 0 atom stereocenters. The number of aromatic nitrogens is 1. The zero-order valence-corrected chi connectivity index (χ0v) is 14.5. The molecule has 1 aromatic heterocycles. The third-order valence-corrected chi connectivity index (χ3v) is 4.21. The van der Waals surface area contributed by atoms with E-state index in [0.29, 0.717) is 42.0 Å². The minimum atomic E-state index is -2.94. The molecule has 1 aromatic carbocycles. The predicted octanol–water partition coefficient (Wildman–Crippen LogP) is 3.50. The first kappa shape index (κ1) is 18.9. The number of nitrogens with zero attached hydrogens (tertiary/aromatic N) is 1. The molecule has 0 spiro atoms. The second-order valence-corrected chi connectivity index (χ2v) is 6.09. The number of benzene rings is 1. The normalized spacial score (nSPS) is 14.8. The number of nitrogens with one attached hydrogen (secondary N) is 2. The number of halogens is 2. The van der Waals surface area contributed by atoms with E-state index in [-0.39, 0.29) is 17.5 Å². The van der Waals surface area contributed by atoms with Gasteiger partial charge in [0.05, 0.1) is 11.4 Å². The van der Waals surface area contributed by atoms with Crippen LogP contribution >= 0.6 is 0 Å². The summed E-state index contributed by atoms with van der Waals surface area (Å²) in [4.78, 5) is 15.4. The van der Waals surface area contributed by atoms with Crippen LogP contribution in [0, 0.1) is 5.41 Å². The van der Waals surface area contributed by atoms with Crippen molar-refractivity contribution in [3.05, 3.63) is 53.3 Å². The van der Waals surface area contributed by atoms with Gasteiger partial charge in [-0.2, -0.15) is 8.78 Å². The lowest BCUT2D eigenvalue weighted by Gasteiger charge is -2.25. The Morgan fingerprint density at radius 3 is 2.81 bits per heavy atom. The molecule has 0 aliphatic carbocycles. The maximum atomic E-state index is 12.4. The van der Waals surface area contributed by atoms with Crippen molar-refractivity contribution < 1.29 is 23.0 Å². The summed E-state index contributed by atoms with van der Waals surface area (Å²) in [5.74, 6) is -0.0318. The molecule has 0 radical (unpaired) electrons. The van der Waals surface area contributed by atoms with Crippen LogP contribution in [0.5, 0.6) is 5.75 Å². The number of carbonyl (C=O) groups is 1. The summed E-state index contributed by atoms with van der Waals surface area (Å²) in [6.07, 6.45) is 3.67. The highest BCUT2D eigenvalue weighted by Gasteiger charge is 2.19. The lowest BCUT2D eigenvalue weighted by Crippen LogP contribution is -2.29. The molecular formula is C19H19F2N3O3. The Bertz CT molecular complexity index is 824. The van der Waals surface area contributed by atoms with Crippen molar-refractivity contribution in [3.8, 4) is 5.75 Å². The lowest BCUT2D eigenvalue weighted by molar-refractivity contribution is -0.0498. The fraction of sp³-hybridized carbons (Fsp3) is 0.316. The van der Waals surface area contributed by atoms with E-state index >= 15 is 0 Å². The Hall–Kier alpha value is -2.87. The highest BCUT2D eigenvalue weighted by Crippen LogP contribution is 2.24. The van der Waals surface area contributed by atoms with Crippen LogP contribution in [0.3, 0.4) is 0 Å². The van der Waals surface area contributed by atoms with E-state index < -0.39 is 6.61 Å². The smallest absolute Gasteiger partial charge is 0.387 e. The van der Waals surface area contributed by atoms with Crippen LogP contribution in [-0.4, -0.2) is 42.8 Å². The number of hydrogen-bond acceptors (Lipinski definition) is 6. The summed E-state index contributed by atoms with van der Waals surface area (Å²) >= 11 is 0. The number of pyridine rings is 1. The van der Waals surface area contributed by atoms with Gasteiger partial charge in [0, 0.05) is 36.6 Å². The van der Waals surface area contributed by atoms with Crippen molar-refractivity contribution in [2.75, 3.05) is 18.5 Å². The molecule has 142 valence electrons. The molecule has 0 unspecified atom stereocenters. The number of alkyl halides is 2. The Labute approximate surface area is 155 Å². The van der Waals surface area contributed by atoms with Gasteiger partial charge < -0.3 is 14.8 Å². The number of carbonyl (C=O) groups excluding carboxylic acids is 1. The largest absolute Gasteiger partial charge is 0.435 e. The number of ether oxygens (including phenoxy) is 2. The number of aldehydes is 1. The van der Waals surface area contributed by atoms with E-state index in [4.69, 9.17) is 10.1 Å². The molecule has 6 nitrogen and oxygen atoms in total. The Morgan fingerprint density at radius 1 is 1.33 bits per heavy atom. The fourth-order valence-electron chi connectivity index (χ4n) is 2.88. The third-order valence-electron chi connectivity index (χ3n) is 4.21. The molecule has 1 aliphatic rings. The summed E-state index contributed by atoms with van der Waals surface area (Å²) < 4.78 is 34.6. The van der Waals surface area contributed by atoms with Crippen LogP contribution in [-0.2, 0) is 4.74 Å². The fourth-order valence-corrected chi connectivity index (χ4v) is 2.88. The van der Waals surface area contributed by atoms with E-state index in [1.807, 2.05) is 0 Å². The third kappa shape index (κ3) is 4.85. The van der Waals surface area contributed by atoms with E-state index in [0.717, 1.165) is 12.8 Å². The van der Waals surface area contributed by atoms with Crippen molar-refractivity contribution >= 4 is 17.7 Å². The SMILES string of the molecule is N=C(c1cccc(OC(F)F)c1)c1ncc(C=O)cc1NC1CCOCC1. The maximum absolute atomic E-state index is 12.4. The molecule has 8 heteroatoms. The standard InChI is InChI=1S/C19H19F2N3O3/c20-19(21)27-15-3-1-2-13(9-15)17(22)18-16(8-12(11-25)10-23-18)24-14-4-6-26-7-5-14/h1-3,8-11,14,19,22,24H,4-7H2. The minimum Gasteiger partial charge on any atom is -0.435 e. The molecule has 0 amide bonds. The number of hydrogen-bond donors (Lipinski definition) is 2. The van der Waals surface area contributed by atoms with Crippen molar-refractivity contribution in [3.63, 3.8) is 0 Å². The first-order chi connectivity index (χ1) is 13.1. The number of anilines is 1. The highest BCUT2D eigenvalue weighted by atomic mass is 19.3. The van der Waals surface area contributed by atoms with Crippen molar-refractivity contribution in [1.82, 2.24) is 4.98 Å². The Morgan fingerprint density at radius 2 is 2.11 bits per heavy atom. The van der Waals surface area contributed by atoms with Gasteiger partial charge in [0.15, 0.2) is 6.29 Å². The summed E-state index contributed by atoms with van der Waals surface area (Å²) in [6.45, 7) is -1.67. The van der Waals surface area contributed by atoms with Gasteiger partial charge in [-0.05, 0) is 31.0 Å². The van der Waals surface area contributed by atoms with Gasteiger partial charge in [0.2, 0.25) is 0 Å². The van der Waals surface area contributed by atoms with Gasteiger partial charge in [0.25, 0.3) is 0 Å². The molecule has 3 rings (SSSR count). The van der Waals surface area contributed by atoms with Gasteiger partial charge in [-0.3, -0.25) is 15.2 Å². The van der Waals surface area contributed by atoms with Crippen LogP contribution in [0.25, 0.3) is 0 Å². The van der Waals surface area contributed by atoms with Crippen LogP contribution in [0.4, 0.5) is 14.5 Å². The molecule has 2 N–H and O–H groups in total. The summed E-state index contributed by atoms with van der Waals surface area (Å²) in [5.41, 5.74) is 1.70. The molecule has 0 bridgehead atoms. The molecule has 2 heterocycles. The monoisotopic (exact) mass is 375 g/mol. The summed E-state index contributed by atoms with van der Waals surface area (Å²) in [7, 11) is 0. The zero-order valence-electron chi connectivity index (χ0n) is 14.5. The van der Waals surface area contributed by atoms with Crippen molar-refractivity contribution in [2.24, 2.45) is 0 Å². The van der Waals surface area contributed by atoms with E-state index in [1.54, 1.807) is 12.1 Å². The maximum Gasteiger partial charge on any atom is 0.387 e. The molecule has 1 saturated heterocycles. The number of rotatable bonds is 7. The van der Waals surface area contributed by atoms with Crippen LogP contribution < -0.4 is 10.1 Å². The van der Waals surface area contributed by atoms with Gasteiger partial charge in [-0.1, -0.05) is 12.1 Å². The van der Waals surface area contributed by atoms with Gasteiger partial charge in [-0.25, -0.2) is 0 Å². The van der Waals surface area contributed by atoms with Crippen molar-refractivity contribution in [1.29, 1.82) is 5.41 Å². The Balaban J connectivity index is 1.90. The minimum absolute atomic E-state index is 0.0318. The van der Waals surface area contributed by atoms with Crippen LogP contribution in [0.2, 0.25) is 0 Å². The van der Waals surface area contributed by atoms with Gasteiger partial charge >= 0.3 is 6.61 Å². The van der Waals surface area contributed by atoms with Crippen LogP contribution in [0.1, 0.15) is 34.5 Å². The first-order valence-corrected chi connectivity index (χ1v) is 8.50. The second-order valence-electron chi connectivity index (χ2n) is 6.09. The molecular weight excluding hydrogens is 356 g/mol. The molecule has 27 heavy (non-hydrogen) atoms. The van der Waals surface area contributed by atoms with Crippen LogP contribution in [0.15, 0.2) is 36.5 Å². The molecule has 1 fully saturated rings. The van der Waals surface area contributed by atoms with E-state index in [2.05, 4.69) is 15.0 Å². The average molecular weight is 375 g/mol. The lowest BCUT2D eigenvalue weighted by atomic mass is 10.0. The predicted molar refractivity (Wildman–Crippen MR) is 96.1 cm³/mol. The summed E-state index contributed by atoms with van der Waals surface area (Å²) in [5, 5.41) is 11.8. The topological polar surface area (TPSA) is 84.3 Å². The van der Waals surface area contributed by atoms with E-state index in [9.17, 15) is 13.6 Å². The van der Waals surface area contributed by atoms with Crippen molar-refractivity contribution in [2.45, 2.75) is 25.5 Å². The second kappa shape index (κ2) is 8.68. The zero-order chi connectivity index (χ0) is 19.2. The highest BCUT2D eigenvalue weighted by molar-refractivity contribution is 6.13. The summed E-state index contributed by atoms with van der Waals surface area (Å²) in [6, 6.07) is 7.69. The molecule has 1 aliphatic heterocycles. The van der Waals surface area contributed by atoms with Gasteiger partial charge in [-0.15, -0.1) is 0 Å². The van der Waals surface area contributed by atoms with E-state index in [1.165, 1.54) is 24.4 Å². The quantitative estimate of drug-likeness (QED) is 0.572. The molecule has 2 aromatic rings. The average Bonchev–Trinajstić information content (AvgIpc) is 2.68. The Kier molecular flexibility index (Phi) is 6.08. The van der Waals surface area contributed by atoms with Gasteiger partial charge in [0.1, 0.15) is 11.4 Å². The molecule has 0 saturated carbocycles. The first-order valence-electron chi connectivity index (χ1n) is 8.50.